The Balaban J connectivity index is 2.85. The van der Waals surface area contributed by atoms with E-state index in [9.17, 15) is 0 Å². The fraction of sp³-hybridized carbons (Fsp3) is 0.111. The van der Waals surface area contributed by atoms with Crippen molar-refractivity contribution in [3.8, 4) is 0 Å². The Morgan fingerprint density at radius 1 is 1.46 bits per heavy atom. The zero-order valence-corrected chi connectivity index (χ0v) is 9.15. The van der Waals surface area contributed by atoms with Crippen molar-refractivity contribution < 1.29 is 5.11 Å². The first-order valence-corrected chi connectivity index (χ1v) is 5.41. The summed E-state index contributed by atoms with van der Waals surface area (Å²) in [5.41, 5.74) is 6.57. The maximum absolute atomic E-state index is 9.05. The summed E-state index contributed by atoms with van der Waals surface area (Å²) in [5.74, 6) is 0. The number of halogens is 1. The van der Waals surface area contributed by atoms with Gasteiger partial charge >= 0.3 is 0 Å². The molecule has 0 atom stereocenters. The Bertz CT molecular complexity index is 452. The van der Waals surface area contributed by atoms with E-state index in [2.05, 4.69) is 15.9 Å². The van der Waals surface area contributed by atoms with Crippen molar-refractivity contribution in [2.24, 2.45) is 0 Å². The molecule has 0 saturated carbocycles. The number of aliphatic hydroxyl groups excluding tert-OH is 1. The van der Waals surface area contributed by atoms with Gasteiger partial charge in [-0.1, -0.05) is 6.07 Å². The van der Waals surface area contributed by atoms with Crippen molar-refractivity contribution in [3.05, 3.63) is 27.5 Å². The van der Waals surface area contributed by atoms with E-state index in [-0.39, 0.29) is 6.61 Å². The molecule has 0 spiro atoms. The number of nitrogen functional groups attached to an aromatic ring is 1. The molecule has 0 aliphatic carbocycles. The standard InChI is InChI=1S/C9H8BrNOS/c10-9-7(4-12)13-6-3-1-2-5(11)8(6)9/h1-3,12H,4,11H2. The molecular weight excluding hydrogens is 250 g/mol. The van der Waals surface area contributed by atoms with Gasteiger partial charge in [0.15, 0.2) is 0 Å². The third-order valence-corrected chi connectivity index (χ3v) is 4.18. The molecule has 0 amide bonds. The molecule has 4 heteroatoms. The van der Waals surface area contributed by atoms with E-state index in [1.807, 2.05) is 18.2 Å². The lowest BCUT2D eigenvalue weighted by Gasteiger charge is -1.95. The number of thiophene rings is 1. The molecule has 0 unspecified atom stereocenters. The molecule has 13 heavy (non-hydrogen) atoms. The first-order valence-electron chi connectivity index (χ1n) is 3.80. The molecule has 0 fully saturated rings. The fourth-order valence-electron chi connectivity index (χ4n) is 1.29. The number of hydrogen-bond donors (Lipinski definition) is 2. The molecule has 1 aromatic carbocycles. The van der Waals surface area contributed by atoms with Crippen LogP contribution in [0.5, 0.6) is 0 Å². The number of nitrogens with two attached hydrogens (primary N) is 1. The van der Waals surface area contributed by atoms with Crippen molar-refractivity contribution in [1.29, 1.82) is 0 Å². The molecule has 0 radical (unpaired) electrons. The first-order chi connectivity index (χ1) is 6.24. The summed E-state index contributed by atoms with van der Waals surface area (Å²) in [6, 6.07) is 5.78. The summed E-state index contributed by atoms with van der Waals surface area (Å²) in [4.78, 5) is 0.924. The fourth-order valence-corrected chi connectivity index (χ4v) is 3.22. The molecular formula is C9H8BrNOS. The van der Waals surface area contributed by atoms with E-state index in [1.54, 1.807) is 11.3 Å². The molecule has 1 aromatic heterocycles. The number of hydrogen-bond acceptors (Lipinski definition) is 3. The average Bonchev–Trinajstić information content (AvgIpc) is 2.44. The topological polar surface area (TPSA) is 46.2 Å². The van der Waals surface area contributed by atoms with Crippen molar-refractivity contribution in [3.63, 3.8) is 0 Å². The number of benzene rings is 1. The Morgan fingerprint density at radius 2 is 2.23 bits per heavy atom. The molecule has 0 aliphatic rings. The van der Waals surface area contributed by atoms with Gasteiger partial charge in [-0.25, -0.2) is 0 Å². The van der Waals surface area contributed by atoms with Crippen LogP contribution < -0.4 is 5.73 Å². The van der Waals surface area contributed by atoms with Gasteiger partial charge in [-0.3, -0.25) is 0 Å². The van der Waals surface area contributed by atoms with Gasteiger partial charge in [-0.05, 0) is 28.1 Å². The molecule has 0 aliphatic heterocycles. The van der Waals surface area contributed by atoms with Gasteiger partial charge in [0, 0.05) is 25.1 Å². The zero-order valence-electron chi connectivity index (χ0n) is 6.75. The number of aliphatic hydroxyl groups is 1. The average molecular weight is 258 g/mol. The summed E-state index contributed by atoms with van der Waals surface area (Å²) in [6.07, 6.45) is 0. The minimum atomic E-state index is 0.0549. The second-order valence-corrected chi connectivity index (χ2v) is 4.65. The molecule has 0 saturated heterocycles. The van der Waals surface area contributed by atoms with Crippen LogP contribution in [0.15, 0.2) is 22.7 Å². The third-order valence-electron chi connectivity index (χ3n) is 1.90. The van der Waals surface area contributed by atoms with E-state index in [0.717, 1.165) is 25.1 Å². The van der Waals surface area contributed by atoms with Crippen LogP contribution in [0, 0.1) is 0 Å². The lowest BCUT2D eigenvalue weighted by Crippen LogP contribution is -1.84. The predicted octanol–water partition coefficient (Wildman–Crippen LogP) is 2.74. The van der Waals surface area contributed by atoms with Crippen molar-refractivity contribution in [2.75, 3.05) is 5.73 Å². The summed E-state index contributed by atoms with van der Waals surface area (Å²) in [6.45, 7) is 0.0549. The van der Waals surface area contributed by atoms with Gasteiger partial charge < -0.3 is 10.8 Å². The molecule has 2 rings (SSSR count). The Kier molecular flexibility index (Phi) is 2.27. The number of fused-ring (bicyclic) bond motifs is 1. The molecule has 2 aromatic rings. The van der Waals surface area contributed by atoms with Gasteiger partial charge in [0.2, 0.25) is 0 Å². The van der Waals surface area contributed by atoms with Crippen LogP contribution in [-0.4, -0.2) is 5.11 Å². The third kappa shape index (κ3) is 1.35. The van der Waals surface area contributed by atoms with Crippen molar-refractivity contribution >= 4 is 43.0 Å². The molecule has 2 nitrogen and oxygen atoms in total. The predicted molar refractivity (Wildman–Crippen MR) is 59.9 cm³/mol. The minimum absolute atomic E-state index is 0.0549. The number of anilines is 1. The normalized spacial score (nSPS) is 10.9. The van der Waals surface area contributed by atoms with Crippen LogP contribution in [0.4, 0.5) is 5.69 Å². The van der Waals surface area contributed by atoms with Crippen LogP contribution >= 0.6 is 27.3 Å². The van der Waals surface area contributed by atoms with Gasteiger partial charge in [0.1, 0.15) is 0 Å². The molecule has 1 heterocycles. The Morgan fingerprint density at radius 3 is 2.85 bits per heavy atom. The van der Waals surface area contributed by atoms with E-state index >= 15 is 0 Å². The summed E-state index contributed by atoms with van der Waals surface area (Å²) in [7, 11) is 0. The summed E-state index contributed by atoms with van der Waals surface area (Å²) in [5, 5.41) is 10.1. The van der Waals surface area contributed by atoms with Crippen LogP contribution in [0.1, 0.15) is 4.88 Å². The van der Waals surface area contributed by atoms with Gasteiger partial charge in [-0.15, -0.1) is 11.3 Å². The largest absolute Gasteiger partial charge is 0.398 e. The van der Waals surface area contributed by atoms with E-state index < -0.39 is 0 Å². The molecule has 0 bridgehead atoms. The zero-order chi connectivity index (χ0) is 9.42. The smallest absolute Gasteiger partial charge is 0.0786 e. The summed E-state index contributed by atoms with van der Waals surface area (Å²) < 4.78 is 2.03. The molecule has 3 N–H and O–H groups in total. The van der Waals surface area contributed by atoms with Gasteiger partial charge in [0.25, 0.3) is 0 Å². The lowest BCUT2D eigenvalue weighted by atomic mass is 10.2. The lowest BCUT2D eigenvalue weighted by molar-refractivity contribution is 0.285. The maximum Gasteiger partial charge on any atom is 0.0786 e. The first kappa shape index (κ1) is 8.99. The van der Waals surface area contributed by atoms with Crippen LogP contribution in [0.25, 0.3) is 10.1 Å². The summed E-state index contributed by atoms with van der Waals surface area (Å²) >= 11 is 4.99. The van der Waals surface area contributed by atoms with Gasteiger partial charge in [-0.2, -0.15) is 0 Å². The highest BCUT2D eigenvalue weighted by Crippen LogP contribution is 2.38. The monoisotopic (exact) mass is 257 g/mol. The molecule has 68 valence electrons. The second kappa shape index (κ2) is 3.29. The highest BCUT2D eigenvalue weighted by atomic mass is 79.9. The maximum atomic E-state index is 9.05. The van der Waals surface area contributed by atoms with E-state index in [4.69, 9.17) is 10.8 Å². The van der Waals surface area contributed by atoms with Crippen molar-refractivity contribution in [2.45, 2.75) is 6.61 Å². The Labute approximate surface area is 88.1 Å². The van der Waals surface area contributed by atoms with Crippen LogP contribution in [0.2, 0.25) is 0 Å². The highest BCUT2D eigenvalue weighted by molar-refractivity contribution is 9.10. The van der Waals surface area contributed by atoms with E-state index in [0.29, 0.717) is 0 Å². The van der Waals surface area contributed by atoms with Crippen molar-refractivity contribution in [1.82, 2.24) is 0 Å². The van der Waals surface area contributed by atoms with Gasteiger partial charge in [0.05, 0.1) is 6.61 Å². The minimum Gasteiger partial charge on any atom is -0.398 e. The van der Waals surface area contributed by atoms with Crippen LogP contribution in [-0.2, 0) is 6.61 Å². The Hall–Kier alpha value is -0.580. The SMILES string of the molecule is Nc1cccc2sc(CO)c(Br)c12. The number of rotatable bonds is 1. The van der Waals surface area contributed by atoms with E-state index in [1.165, 1.54) is 0 Å². The second-order valence-electron chi connectivity index (χ2n) is 2.72. The van der Waals surface area contributed by atoms with Crippen LogP contribution in [0.3, 0.4) is 0 Å². The highest BCUT2D eigenvalue weighted by Gasteiger charge is 2.10. The quantitative estimate of drug-likeness (QED) is 0.772.